The van der Waals surface area contributed by atoms with Gasteiger partial charge in [-0.1, -0.05) is 27.2 Å². The molecule has 1 aromatic heterocycles. The first-order valence-corrected chi connectivity index (χ1v) is 11.9. The number of ether oxygens (including phenoxy) is 1. The summed E-state index contributed by atoms with van der Waals surface area (Å²) in [5.41, 5.74) is 2.71. The number of aromatic amines is 1. The highest BCUT2D eigenvalue weighted by Gasteiger charge is 2.43. The van der Waals surface area contributed by atoms with Crippen molar-refractivity contribution in [2.45, 2.75) is 19.2 Å². The fourth-order valence-corrected chi connectivity index (χ4v) is 5.40. The number of aromatic nitrogens is 3. The van der Waals surface area contributed by atoms with Gasteiger partial charge in [0.15, 0.2) is 0 Å². The molecule has 2 aliphatic heterocycles. The minimum Gasteiger partial charge on any atom is -0.406 e. The maximum Gasteiger partial charge on any atom is 0.573 e. The van der Waals surface area contributed by atoms with E-state index < -0.39 is 6.36 Å². The molecule has 12 heteroatoms. The van der Waals surface area contributed by atoms with Gasteiger partial charge in [0.25, 0.3) is 5.91 Å². The van der Waals surface area contributed by atoms with Crippen LogP contribution in [0.25, 0.3) is 11.0 Å². The van der Waals surface area contributed by atoms with Crippen molar-refractivity contribution in [2.24, 2.45) is 11.8 Å². The molecule has 2 fully saturated rings. The van der Waals surface area contributed by atoms with Crippen molar-refractivity contribution in [1.29, 1.82) is 0 Å². The van der Waals surface area contributed by atoms with E-state index in [1.807, 2.05) is 9.80 Å². The molecule has 3 aromatic rings. The van der Waals surface area contributed by atoms with Gasteiger partial charge in [0.1, 0.15) is 11.3 Å². The predicted octanol–water partition coefficient (Wildman–Crippen LogP) is 3.78. The molecule has 0 spiro atoms. The number of likely N-dealkylation sites (tertiary alicyclic amines) is 2. The number of hydrogen-bond acceptors (Lipinski definition) is 5. The Morgan fingerprint density at radius 2 is 1.77 bits per heavy atom. The molecule has 0 saturated carbocycles. The van der Waals surface area contributed by atoms with Crippen molar-refractivity contribution in [1.82, 2.24) is 25.2 Å². The normalized spacial score (nSPS) is 19.9. The maximum absolute atomic E-state index is 13.0. The van der Waals surface area contributed by atoms with Crippen LogP contribution in [0.3, 0.4) is 0 Å². The quantitative estimate of drug-likeness (QED) is 0.521. The Morgan fingerprint density at radius 1 is 1.06 bits per heavy atom. The number of nitrogens with one attached hydrogen (secondary N) is 1. The van der Waals surface area contributed by atoms with E-state index in [1.165, 1.54) is 18.2 Å². The van der Waals surface area contributed by atoms with Crippen molar-refractivity contribution in [2.75, 3.05) is 26.2 Å². The summed E-state index contributed by atoms with van der Waals surface area (Å²) < 4.78 is 41.5. The first-order chi connectivity index (χ1) is 16.7. The third-order valence-corrected chi connectivity index (χ3v) is 7.30. The smallest absolute Gasteiger partial charge is 0.406 e. The molecule has 2 aromatic carbocycles. The minimum absolute atomic E-state index is 0.00345. The summed E-state index contributed by atoms with van der Waals surface area (Å²) in [5.74, 6) is 0.0848. The molecule has 2 aliphatic rings. The van der Waals surface area contributed by atoms with E-state index in [9.17, 15) is 22.8 Å². The third-order valence-electron chi connectivity index (χ3n) is 6.57. The van der Waals surface area contributed by atoms with Crippen molar-refractivity contribution in [3.05, 3.63) is 52.0 Å². The van der Waals surface area contributed by atoms with Crippen LogP contribution in [0.1, 0.15) is 22.3 Å². The zero-order valence-corrected chi connectivity index (χ0v) is 20.0. The van der Waals surface area contributed by atoms with E-state index >= 15 is 0 Å². The van der Waals surface area contributed by atoms with Gasteiger partial charge in [0.2, 0.25) is 5.91 Å². The molecule has 0 radical (unpaired) electrons. The molecule has 0 unspecified atom stereocenters. The van der Waals surface area contributed by atoms with Gasteiger partial charge in [-0.3, -0.25) is 14.7 Å². The number of benzene rings is 2. The van der Waals surface area contributed by atoms with Crippen LogP contribution >= 0.6 is 15.9 Å². The van der Waals surface area contributed by atoms with E-state index in [1.54, 1.807) is 18.2 Å². The van der Waals surface area contributed by atoms with Gasteiger partial charge >= 0.3 is 6.36 Å². The molecule has 2 amide bonds. The number of H-pyrrole nitrogens is 1. The molecule has 2 atom stereocenters. The van der Waals surface area contributed by atoms with Crippen LogP contribution in [0.15, 0.2) is 40.9 Å². The minimum atomic E-state index is -4.75. The summed E-state index contributed by atoms with van der Waals surface area (Å²) in [6.07, 6.45) is -4.11. The fourth-order valence-electron chi connectivity index (χ4n) is 4.85. The van der Waals surface area contributed by atoms with Gasteiger partial charge in [-0.15, -0.1) is 18.3 Å². The Labute approximate surface area is 206 Å². The molecular formula is C23H21BrF3N5O3. The lowest BCUT2D eigenvalue weighted by Gasteiger charge is -2.22. The average molecular weight is 552 g/mol. The fraction of sp³-hybridized carbons (Fsp3) is 0.391. The summed E-state index contributed by atoms with van der Waals surface area (Å²) in [7, 11) is 0. The van der Waals surface area contributed by atoms with E-state index in [0.717, 1.165) is 11.1 Å². The first kappa shape index (κ1) is 23.6. The number of hydrogen-bond donors (Lipinski definition) is 1. The van der Waals surface area contributed by atoms with Crippen LogP contribution in [0, 0.1) is 11.8 Å². The van der Waals surface area contributed by atoms with E-state index in [0.29, 0.717) is 48.2 Å². The molecule has 1 N–H and O–H groups in total. The summed E-state index contributed by atoms with van der Waals surface area (Å²) in [6.45, 7) is 2.37. The largest absolute Gasteiger partial charge is 0.573 e. The van der Waals surface area contributed by atoms with Crippen molar-refractivity contribution in [3.8, 4) is 5.75 Å². The second-order valence-corrected chi connectivity index (χ2v) is 9.73. The number of carbonyl (C=O) groups excluding carboxylic acids is 2. The van der Waals surface area contributed by atoms with Gasteiger partial charge in [0, 0.05) is 54.5 Å². The van der Waals surface area contributed by atoms with Crippen LogP contribution in [-0.2, 0) is 11.2 Å². The van der Waals surface area contributed by atoms with Crippen LogP contribution in [-0.4, -0.2) is 69.6 Å². The highest BCUT2D eigenvalue weighted by Crippen LogP contribution is 2.33. The SMILES string of the molecule is O=C(CCc1ccc(OC(F)(F)F)cc1Br)N1C[C@@H]2CN(C(=O)c3ccc4[nH]nnc4c3)C[C@H]2C1. The van der Waals surface area contributed by atoms with Gasteiger partial charge in [-0.25, -0.2) is 0 Å². The van der Waals surface area contributed by atoms with Crippen molar-refractivity contribution < 1.29 is 27.5 Å². The number of alkyl halides is 3. The highest BCUT2D eigenvalue weighted by atomic mass is 79.9. The Morgan fingerprint density at radius 3 is 2.46 bits per heavy atom. The van der Waals surface area contributed by atoms with Gasteiger partial charge < -0.3 is 14.5 Å². The van der Waals surface area contributed by atoms with E-state index in [-0.39, 0.29) is 35.8 Å². The molecule has 0 aliphatic carbocycles. The number of nitrogens with zero attached hydrogens (tertiary/aromatic N) is 4. The Hall–Kier alpha value is -3.15. The average Bonchev–Trinajstić information content (AvgIpc) is 3.51. The zero-order valence-electron chi connectivity index (χ0n) is 18.4. The molecule has 8 nitrogen and oxygen atoms in total. The molecule has 5 rings (SSSR count). The number of aryl methyl sites for hydroxylation is 1. The lowest BCUT2D eigenvalue weighted by Crippen LogP contribution is -2.35. The summed E-state index contributed by atoms with van der Waals surface area (Å²) in [5, 5.41) is 10.5. The summed E-state index contributed by atoms with van der Waals surface area (Å²) in [4.78, 5) is 29.4. The molecule has 35 heavy (non-hydrogen) atoms. The number of rotatable bonds is 5. The third kappa shape index (κ3) is 5.12. The zero-order chi connectivity index (χ0) is 24.7. The number of halogens is 4. The van der Waals surface area contributed by atoms with E-state index in [2.05, 4.69) is 36.1 Å². The topological polar surface area (TPSA) is 91.4 Å². The molecule has 184 valence electrons. The van der Waals surface area contributed by atoms with Crippen molar-refractivity contribution in [3.63, 3.8) is 0 Å². The number of amides is 2. The summed E-state index contributed by atoms with van der Waals surface area (Å²) in [6, 6.07) is 9.29. The predicted molar refractivity (Wildman–Crippen MR) is 122 cm³/mol. The monoisotopic (exact) mass is 551 g/mol. The Balaban J connectivity index is 1.13. The summed E-state index contributed by atoms with van der Waals surface area (Å²) >= 11 is 3.26. The standard InChI is InChI=1S/C23H21BrF3N5O3/c24-18-8-17(35-23(25,26)27)4-1-13(18)3-6-21(33)31-9-15-11-32(12-16(15)10-31)22(34)14-2-5-19-20(7-14)29-30-28-19/h1-2,4-5,7-8,15-16H,3,6,9-12H2,(H,28,29,30)/t15-,16-/m1/s1. The second-order valence-electron chi connectivity index (χ2n) is 8.87. The number of carbonyl (C=O) groups is 2. The van der Waals surface area contributed by atoms with Crippen LogP contribution in [0.5, 0.6) is 5.75 Å². The van der Waals surface area contributed by atoms with E-state index in [4.69, 9.17) is 0 Å². The van der Waals surface area contributed by atoms with Crippen molar-refractivity contribution >= 4 is 38.8 Å². The molecule has 0 bridgehead atoms. The Kier molecular flexibility index (Phi) is 6.16. The molecule has 3 heterocycles. The second kappa shape index (κ2) is 9.14. The van der Waals surface area contributed by atoms with Gasteiger partial charge in [-0.2, -0.15) is 0 Å². The van der Waals surface area contributed by atoms with Crippen LogP contribution in [0.4, 0.5) is 13.2 Å². The first-order valence-electron chi connectivity index (χ1n) is 11.1. The Bertz CT molecular complexity index is 1270. The van der Waals surface area contributed by atoms with Gasteiger partial charge in [0.05, 0.1) is 5.52 Å². The van der Waals surface area contributed by atoms with Crippen LogP contribution < -0.4 is 4.74 Å². The number of fused-ring (bicyclic) bond motifs is 2. The highest BCUT2D eigenvalue weighted by molar-refractivity contribution is 9.10. The van der Waals surface area contributed by atoms with Crippen LogP contribution in [0.2, 0.25) is 0 Å². The van der Waals surface area contributed by atoms with Gasteiger partial charge in [-0.05, 0) is 42.3 Å². The molecular weight excluding hydrogens is 531 g/mol. The lowest BCUT2D eigenvalue weighted by atomic mass is 10.0. The molecule has 2 saturated heterocycles. The lowest BCUT2D eigenvalue weighted by molar-refractivity contribution is -0.274. The maximum atomic E-state index is 13.0.